The van der Waals surface area contributed by atoms with Gasteiger partial charge >= 0.3 is 0 Å². The maximum atomic E-state index is 4.30. The zero-order chi connectivity index (χ0) is 47.4. The average Bonchev–Trinajstić information content (AvgIpc) is 3.43. The number of dihydropyridines is 1. The van der Waals surface area contributed by atoms with E-state index in [-0.39, 0.29) is 0 Å². The van der Waals surface area contributed by atoms with Gasteiger partial charge in [-0.3, -0.25) is 0 Å². The van der Waals surface area contributed by atoms with E-state index in [0.717, 1.165) is 79.2 Å². The SMILES string of the molecule is CC1(C(=Cc2ccccc2)N(c2ccccc2)c2ccccc2)C=C(C(=Cc2ccccc2)N(c2ccccc2)c2ccccc2)C=C(C(=Cc2ccccc2)N(c2ccccc2)c2ccccc2)N1. The number of nitrogens with one attached hydrogen (secondary N) is 1. The van der Waals surface area contributed by atoms with Crippen molar-refractivity contribution >= 4 is 52.4 Å². The summed E-state index contributed by atoms with van der Waals surface area (Å²) in [5.74, 6) is 0. The van der Waals surface area contributed by atoms with Crippen LogP contribution in [0, 0.1) is 0 Å². The third-order valence-corrected chi connectivity index (χ3v) is 12.4. The van der Waals surface area contributed by atoms with Gasteiger partial charge in [-0.2, -0.15) is 0 Å². The van der Waals surface area contributed by atoms with Crippen LogP contribution < -0.4 is 20.0 Å². The highest BCUT2D eigenvalue weighted by molar-refractivity contribution is 5.83. The van der Waals surface area contributed by atoms with E-state index in [9.17, 15) is 0 Å². The third kappa shape index (κ3) is 10.2. The summed E-state index contributed by atoms with van der Waals surface area (Å²) in [6.45, 7) is 2.32. The predicted octanol–water partition coefficient (Wildman–Crippen LogP) is 16.8. The molecular formula is C66H54N4. The van der Waals surface area contributed by atoms with Gasteiger partial charge in [-0.1, -0.05) is 200 Å². The van der Waals surface area contributed by atoms with Crippen LogP contribution in [0.4, 0.5) is 34.1 Å². The molecule has 0 radical (unpaired) electrons. The van der Waals surface area contributed by atoms with Gasteiger partial charge in [0.05, 0.1) is 28.3 Å². The molecule has 4 heteroatoms. The predicted molar refractivity (Wildman–Crippen MR) is 296 cm³/mol. The second kappa shape index (κ2) is 21.2. The Bertz CT molecular complexity index is 3130. The van der Waals surface area contributed by atoms with E-state index in [1.165, 1.54) is 0 Å². The zero-order valence-electron chi connectivity index (χ0n) is 39.2. The zero-order valence-corrected chi connectivity index (χ0v) is 39.2. The highest BCUT2D eigenvalue weighted by Crippen LogP contribution is 2.44. The molecule has 9 aromatic carbocycles. The normalized spacial score (nSPS) is 15.0. The lowest BCUT2D eigenvalue weighted by molar-refractivity contribution is 0.546. The maximum absolute atomic E-state index is 4.30. The molecule has 0 amide bonds. The Morgan fingerprint density at radius 2 is 0.600 bits per heavy atom. The van der Waals surface area contributed by atoms with Crippen LogP contribution in [0.15, 0.2) is 313 Å². The number of para-hydroxylation sites is 6. The molecule has 1 aliphatic heterocycles. The summed E-state index contributed by atoms with van der Waals surface area (Å²) in [7, 11) is 0. The van der Waals surface area contributed by atoms with Crippen molar-refractivity contribution in [2.45, 2.75) is 12.5 Å². The monoisotopic (exact) mass is 902 g/mol. The molecule has 0 aromatic heterocycles. The topological polar surface area (TPSA) is 21.8 Å². The van der Waals surface area contributed by atoms with Crippen molar-refractivity contribution in [3.63, 3.8) is 0 Å². The second-order valence-corrected chi connectivity index (χ2v) is 17.3. The summed E-state index contributed by atoms with van der Waals surface area (Å²) in [6.07, 6.45) is 11.7. The molecule has 0 saturated heterocycles. The first-order chi connectivity index (χ1) is 34.6. The minimum atomic E-state index is -0.898. The van der Waals surface area contributed by atoms with Crippen molar-refractivity contribution in [1.82, 2.24) is 5.32 Å². The highest BCUT2D eigenvalue weighted by atomic mass is 15.2. The van der Waals surface area contributed by atoms with Gasteiger partial charge in [-0.15, -0.1) is 0 Å². The van der Waals surface area contributed by atoms with Crippen molar-refractivity contribution in [3.8, 4) is 0 Å². The van der Waals surface area contributed by atoms with Crippen LogP contribution in [0.25, 0.3) is 18.2 Å². The van der Waals surface area contributed by atoms with E-state index in [2.05, 4.69) is 330 Å². The molecule has 1 N–H and O–H groups in total. The lowest BCUT2D eigenvalue weighted by atomic mass is 9.85. The Balaban J connectivity index is 1.32. The molecule has 0 saturated carbocycles. The summed E-state index contributed by atoms with van der Waals surface area (Å²) in [5.41, 5.74) is 13.5. The number of hydrogen-bond acceptors (Lipinski definition) is 4. The highest BCUT2D eigenvalue weighted by Gasteiger charge is 2.38. The minimum Gasteiger partial charge on any atom is -0.369 e. The molecule has 10 rings (SSSR count). The number of rotatable bonds is 15. The van der Waals surface area contributed by atoms with E-state index < -0.39 is 5.54 Å². The van der Waals surface area contributed by atoms with E-state index >= 15 is 0 Å². The fourth-order valence-corrected chi connectivity index (χ4v) is 9.14. The minimum absolute atomic E-state index is 0.898. The first kappa shape index (κ1) is 44.7. The van der Waals surface area contributed by atoms with E-state index in [4.69, 9.17) is 0 Å². The summed E-state index contributed by atoms with van der Waals surface area (Å²) in [4.78, 5) is 7.16. The van der Waals surface area contributed by atoms with Gasteiger partial charge in [0, 0.05) is 34.1 Å². The number of benzene rings is 9. The van der Waals surface area contributed by atoms with E-state index in [1.54, 1.807) is 0 Å². The van der Waals surface area contributed by atoms with E-state index in [1.807, 2.05) is 0 Å². The molecule has 1 unspecified atom stereocenters. The molecule has 1 atom stereocenters. The lowest BCUT2D eigenvalue weighted by Crippen LogP contribution is -2.49. The van der Waals surface area contributed by atoms with Gasteiger partial charge in [0.25, 0.3) is 0 Å². The summed E-state index contributed by atoms with van der Waals surface area (Å²) in [5, 5.41) is 4.30. The molecule has 4 nitrogen and oxygen atoms in total. The van der Waals surface area contributed by atoms with Crippen LogP contribution in [0.2, 0.25) is 0 Å². The number of allylic oxidation sites excluding steroid dienone is 1. The van der Waals surface area contributed by atoms with Gasteiger partial charge in [0.1, 0.15) is 0 Å². The summed E-state index contributed by atoms with van der Waals surface area (Å²) < 4.78 is 0. The summed E-state index contributed by atoms with van der Waals surface area (Å²) >= 11 is 0. The van der Waals surface area contributed by atoms with E-state index in [0.29, 0.717) is 0 Å². The Kier molecular flexibility index (Phi) is 13.6. The second-order valence-electron chi connectivity index (χ2n) is 17.3. The molecule has 0 bridgehead atoms. The van der Waals surface area contributed by atoms with Crippen molar-refractivity contribution < 1.29 is 0 Å². The number of nitrogens with zero attached hydrogens (tertiary/aromatic N) is 3. The maximum Gasteiger partial charge on any atom is 0.0946 e. The average molecular weight is 903 g/mol. The van der Waals surface area contributed by atoms with Gasteiger partial charge < -0.3 is 20.0 Å². The van der Waals surface area contributed by atoms with Crippen LogP contribution in [0.3, 0.4) is 0 Å². The van der Waals surface area contributed by atoms with Crippen LogP contribution in [0.1, 0.15) is 23.6 Å². The Morgan fingerprint density at radius 1 is 0.329 bits per heavy atom. The number of anilines is 6. The molecule has 1 heterocycles. The smallest absolute Gasteiger partial charge is 0.0946 e. The van der Waals surface area contributed by atoms with Gasteiger partial charge in [0.15, 0.2) is 0 Å². The Morgan fingerprint density at radius 3 is 0.943 bits per heavy atom. The van der Waals surface area contributed by atoms with Gasteiger partial charge in [-0.25, -0.2) is 0 Å². The van der Waals surface area contributed by atoms with Crippen LogP contribution in [-0.2, 0) is 0 Å². The van der Waals surface area contributed by atoms with Gasteiger partial charge in [0.2, 0.25) is 0 Å². The number of hydrogen-bond donors (Lipinski definition) is 1. The van der Waals surface area contributed by atoms with Crippen molar-refractivity contribution in [3.05, 3.63) is 330 Å². The van der Waals surface area contributed by atoms with Crippen LogP contribution >= 0.6 is 0 Å². The fourth-order valence-electron chi connectivity index (χ4n) is 9.14. The Hall–Kier alpha value is -9.12. The quantitative estimate of drug-likeness (QED) is 0.111. The lowest BCUT2D eigenvalue weighted by Gasteiger charge is -2.44. The molecule has 70 heavy (non-hydrogen) atoms. The molecule has 0 fully saturated rings. The summed E-state index contributed by atoms with van der Waals surface area (Å²) in [6, 6.07) is 96.1. The van der Waals surface area contributed by atoms with Gasteiger partial charge in [-0.05, 0) is 132 Å². The van der Waals surface area contributed by atoms with Crippen LogP contribution in [0.5, 0.6) is 0 Å². The molecule has 0 aliphatic carbocycles. The van der Waals surface area contributed by atoms with Crippen LogP contribution in [-0.4, -0.2) is 5.54 Å². The Labute approximate surface area is 413 Å². The van der Waals surface area contributed by atoms with Crippen molar-refractivity contribution in [2.24, 2.45) is 0 Å². The molecule has 0 spiro atoms. The fraction of sp³-hybridized carbons (Fsp3) is 0.0303. The first-order valence-electron chi connectivity index (χ1n) is 23.8. The molecular weight excluding hydrogens is 849 g/mol. The molecule has 1 aliphatic rings. The first-order valence-corrected chi connectivity index (χ1v) is 23.8. The van der Waals surface area contributed by atoms with Crippen molar-refractivity contribution in [1.29, 1.82) is 0 Å². The largest absolute Gasteiger partial charge is 0.369 e. The molecule has 9 aromatic rings. The van der Waals surface area contributed by atoms with Crippen molar-refractivity contribution in [2.75, 3.05) is 14.7 Å². The standard InChI is InChI=1S/C66H54N4/c1-66(65(49-54-33-15-4-16-34-54)70(60-43-25-9-26-44-60)61-45-27-10-28-46-61)51-55(63(47-52-29-11-2-12-30-52)68(56-35-17-5-18-36-56)57-37-19-6-20-38-57)50-62(67-66)64(48-53-31-13-3-14-32-53)69(58-39-21-7-22-40-58)59-41-23-8-24-42-59/h2-51,67H,1H3. The molecule has 338 valence electrons. The third-order valence-electron chi connectivity index (χ3n) is 12.4.